The molecule has 0 atom stereocenters. The predicted octanol–water partition coefficient (Wildman–Crippen LogP) is 1.71. The molecule has 7 heteroatoms. The number of amides is 1. The van der Waals surface area contributed by atoms with Crippen molar-refractivity contribution in [3.63, 3.8) is 0 Å². The van der Waals surface area contributed by atoms with Crippen LogP contribution in [-0.4, -0.2) is 20.3 Å². The molecule has 0 saturated carbocycles. The van der Waals surface area contributed by atoms with E-state index in [1.807, 2.05) is 6.92 Å². The van der Waals surface area contributed by atoms with Crippen LogP contribution in [0, 0.1) is 6.92 Å². The van der Waals surface area contributed by atoms with E-state index in [4.69, 9.17) is 0 Å². The molecule has 0 radical (unpaired) electrons. The van der Waals surface area contributed by atoms with Gasteiger partial charge >= 0.3 is 0 Å². The van der Waals surface area contributed by atoms with Gasteiger partial charge in [-0.25, -0.2) is 9.97 Å². The fourth-order valence-electron chi connectivity index (χ4n) is 1.76. The number of carbonyl (C=O) groups is 1. The molecule has 3 heterocycles. The fraction of sp³-hybridized carbons (Fsp3) is 0.0769. The van der Waals surface area contributed by atoms with E-state index in [1.165, 1.54) is 21.9 Å². The van der Waals surface area contributed by atoms with Crippen LogP contribution in [0.1, 0.15) is 15.2 Å². The van der Waals surface area contributed by atoms with Gasteiger partial charge in [0.15, 0.2) is 5.13 Å². The molecular formula is C13H10N4O2S. The summed E-state index contributed by atoms with van der Waals surface area (Å²) in [7, 11) is 0. The average molecular weight is 286 g/mol. The average Bonchev–Trinajstić information content (AvgIpc) is 2.84. The molecule has 0 aliphatic rings. The number of fused-ring (bicyclic) bond motifs is 1. The molecule has 1 amide bonds. The Morgan fingerprint density at radius 3 is 2.90 bits per heavy atom. The van der Waals surface area contributed by atoms with Gasteiger partial charge in [-0.1, -0.05) is 6.07 Å². The lowest BCUT2D eigenvalue weighted by Gasteiger charge is -2.03. The maximum Gasteiger partial charge on any atom is 0.270 e. The van der Waals surface area contributed by atoms with Gasteiger partial charge in [-0.15, -0.1) is 11.3 Å². The lowest BCUT2D eigenvalue weighted by Crippen LogP contribution is -2.26. The van der Waals surface area contributed by atoms with E-state index in [0.717, 1.165) is 4.88 Å². The number of aromatic nitrogens is 3. The summed E-state index contributed by atoms with van der Waals surface area (Å²) in [6.07, 6.45) is 4.52. The van der Waals surface area contributed by atoms with Gasteiger partial charge < -0.3 is 0 Å². The second kappa shape index (κ2) is 4.86. The van der Waals surface area contributed by atoms with Crippen LogP contribution in [-0.2, 0) is 0 Å². The molecule has 1 N–H and O–H groups in total. The minimum absolute atomic E-state index is 0.0125. The van der Waals surface area contributed by atoms with Crippen molar-refractivity contribution in [3.05, 3.63) is 57.6 Å². The van der Waals surface area contributed by atoms with Crippen LogP contribution in [0.5, 0.6) is 0 Å². The Morgan fingerprint density at radius 2 is 2.15 bits per heavy atom. The minimum Gasteiger partial charge on any atom is -0.298 e. The van der Waals surface area contributed by atoms with Crippen molar-refractivity contribution >= 4 is 28.0 Å². The summed E-state index contributed by atoms with van der Waals surface area (Å²) >= 11 is 1.35. The highest BCUT2D eigenvalue weighted by atomic mass is 32.1. The lowest BCUT2D eigenvalue weighted by atomic mass is 10.3. The molecule has 3 rings (SSSR count). The van der Waals surface area contributed by atoms with E-state index < -0.39 is 11.5 Å². The third-order valence-electron chi connectivity index (χ3n) is 2.70. The molecule has 6 nitrogen and oxygen atoms in total. The molecule has 0 saturated heterocycles. The quantitative estimate of drug-likeness (QED) is 0.778. The summed E-state index contributed by atoms with van der Waals surface area (Å²) in [4.78, 5) is 33.4. The monoisotopic (exact) mass is 286 g/mol. The normalized spacial score (nSPS) is 10.7. The van der Waals surface area contributed by atoms with Gasteiger partial charge in [-0.2, -0.15) is 0 Å². The summed E-state index contributed by atoms with van der Waals surface area (Å²) in [5, 5.41) is 3.06. The minimum atomic E-state index is -0.505. The van der Waals surface area contributed by atoms with Gasteiger partial charge in [0.1, 0.15) is 11.2 Å². The molecule has 0 aromatic carbocycles. The lowest BCUT2D eigenvalue weighted by molar-refractivity contribution is 0.102. The van der Waals surface area contributed by atoms with E-state index in [0.29, 0.717) is 10.8 Å². The van der Waals surface area contributed by atoms with Crippen LogP contribution in [0.15, 0.2) is 41.6 Å². The van der Waals surface area contributed by atoms with Crippen molar-refractivity contribution in [1.29, 1.82) is 0 Å². The van der Waals surface area contributed by atoms with Crippen LogP contribution in [0.3, 0.4) is 0 Å². The van der Waals surface area contributed by atoms with Crippen molar-refractivity contribution in [3.8, 4) is 0 Å². The first kappa shape index (κ1) is 12.5. The van der Waals surface area contributed by atoms with Gasteiger partial charge in [0.25, 0.3) is 11.5 Å². The molecule has 20 heavy (non-hydrogen) atoms. The molecule has 0 aliphatic carbocycles. The largest absolute Gasteiger partial charge is 0.298 e. The van der Waals surface area contributed by atoms with Crippen molar-refractivity contribution in [2.24, 2.45) is 0 Å². The van der Waals surface area contributed by atoms with E-state index >= 15 is 0 Å². The highest BCUT2D eigenvalue weighted by Gasteiger charge is 2.14. The Kier molecular flexibility index (Phi) is 3.03. The Hall–Kier alpha value is -2.54. The molecule has 0 unspecified atom stereocenters. The number of carbonyl (C=O) groups excluding carboxylic acids is 1. The summed E-state index contributed by atoms with van der Waals surface area (Å²) in [6, 6.07) is 5.19. The maximum atomic E-state index is 12.2. The molecular weight excluding hydrogens is 276 g/mol. The number of nitrogens with zero attached hydrogens (tertiary/aromatic N) is 3. The summed E-state index contributed by atoms with van der Waals surface area (Å²) in [5.74, 6) is -0.505. The predicted molar refractivity (Wildman–Crippen MR) is 76.3 cm³/mol. The number of aryl methyl sites for hydroxylation is 1. The highest BCUT2D eigenvalue weighted by Crippen LogP contribution is 2.16. The number of nitrogens with one attached hydrogen (secondary N) is 1. The molecule has 3 aromatic heterocycles. The second-order valence-corrected chi connectivity index (χ2v) is 5.37. The number of rotatable bonds is 2. The van der Waals surface area contributed by atoms with Crippen molar-refractivity contribution in [1.82, 2.24) is 14.4 Å². The first-order valence-electron chi connectivity index (χ1n) is 5.85. The van der Waals surface area contributed by atoms with Gasteiger partial charge in [-0.3, -0.25) is 19.3 Å². The standard InChI is InChI=1S/C13H10N4O2S/c1-8-6-15-13(20-8)16-11(18)9-7-14-10-4-2-3-5-17(10)12(9)19/h2-7H,1H3,(H,15,16,18). The summed E-state index contributed by atoms with van der Waals surface area (Å²) in [5.41, 5.74) is 0.0853. The Balaban J connectivity index is 1.99. The third-order valence-corrected chi connectivity index (χ3v) is 3.53. The zero-order valence-corrected chi connectivity index (χ0v) is 11.3. The van der Waals surface area contributed by atoms with Crippen LogP contribution in [0.25, 0.3) is 5.65 Å². The number of hydrogen-bond acceptors (Lipinski definition) is 5. The Bertz CT molecular complexity index is 853. The van der Waals surface area contributed by atoms with E-state index in [1.54, 1.807) is 30.6 Å². The molecule has 0 spiro atoms. The van der Waals surface area contributed by atoms with Crippen LogP contribution in [0.2, 0.25) is 0 Å². The molecule has 100 valence electrons. The first-order valence-corrected chi connectivity index (χ1v) is 6.67. The zero-order chi connectivity index (χ0) is 14.1. The van der Waals surface area contributed by atoms with Crippen LogP contribution >= 0.6 is 11.3 Å². The molecule has 0 bridgehead atoms. The highest BCUT2D eigenvalue weighted by molar-refractivity contribution is 7.15. The van der Waals surface area contributed by atoms with Gasteiger partial charge in [0, 0.05) is 23.5 Å². The maximum absolute atomic E-state index is 12.2. The summed E-state index contributed by atoms with van der Waals surface area (Å²) < 4.78 is 1.34. The van der Waals surface area contributed by atoms with E-state index in [2.05, 4.69) is 15.3 Å². The SMILES string of the molecule is Cc1cnc(NC(=O)c2cnc3ccccn3c2=O)s1. The van der Waals surface area contributed by atoms with Gasteiger partial charge in [0.2, 0.25) is 0 Å². The first-order chi connectivity index (χ1) is 9.65. The van der Waals surface area contributed by atoms with Crippen LogP contribution in [0.4, 0.5) is 5.13 Å². The number of thiazole rings is 1. The fourth-order valence-corrected chi connectivity index (χ4v) is 2.42. The molecule has 3 aromatic rings. The summed E-state index contributed by atoms with van der Waals surface area (Å²) in [6.45, 7) is 1.89. The van der Waals surface area contributed by atoms with Crippen molar-refractivity contribution in [2.75, 3.05) is 5.32 Å². The topological polar surface area (TPSA) is 76.4 Å². The second-order valence-electron chi connectivity index (χ2n) is 4.14. The number of pyridine rings is 1. The number of anilines is 1. The number of hydrogen-bond donors (Lipinski definition) is 1. The third kappa shape index (κ3) is 2.19. The van der Waals surface area contributed by atoms with Crippen LogP contribution < -0.4 is 10.9 Å². The zero-order valence-electron chi connectivity index (χ0n) is 10.5. The Morgan fingerprint density at radius 1 is 1.30 bits per heavy atom. The Labute approximate surface area is 117 Å². The van der Waals surface area contributed by atoms with E-state index in [9.17, 15) is 9.59 Å². The van der Waals surface area contributed by atoms with Gasteiger partial charge in [0.05, 0.1) is 0 Å². The smallest absolute Gasteiger partial charge is 0.270 e. The van der Waals surface area contributed by atoms with E-state index in [-0.39, 0.29) is 5.56 Å². The van der Waals surface area contributed by atoms with Crippen molar-refractivity contribution < 1.29 is 4.79 Å². The molecule has 0 fully saturated rings. The van der Waals surface area contributed by atoms with Gasteiger partial charge in [-0.05, 0) is 19.1 Å². The molecule has 0 aliphatic heterocycles. The van der Waals surface area contributed by atoms with Crippen molar-refractivity contribution in [2.45, 2.75) is 6.92 Å².